The van der Waals surface area contributed by atoms with Crippen LogP contribution >= 0.6 is 0 Å². The third-order valence-corrected chi connectivity index (χ3v) is 3.73. The fourth-order valence-electron chi connectivity index (χ4n) is 2.37. The summed E-state index contributed by atoms with van der Waals surface area (Å²) in [5.41, 5.74) is 7.11. The summed E-state index contributed by atoms with van der Waals surface area (Å²) in [6.45, 7) is 2.74. The minimum atomic E-state index is 0.456. The highest BCUT2D eigenvalue weighted by Gasteiger charge is 2.13. The number of unbranched alkanes of at least 4 members (excludes halogenated alkanes) is 1. The van der Waals surface area contributed by atoms with Crippen molar-refractivity contribution >= 4 is 16.6 Å². The van der Waals surface area contributed by atoms with Gasteiger partial charge < -0.3 is 19.9 Å². The molecular formula is C19H21N3O3. The minimum Gasteiger partial charge on any atom is -0.493 e. The van der Waals surface area contributed by atoms with E-state index in [1.807, 2.05) is 12.1 Å². The highest BCUT2D eigenvalue weighted by Crippen LogP contribution is 2.36. The lowest BCUT2D eigenvalue weighted by Gasteiger charge is -2.13. The average Bonchev–Trinajstić information content (AvgIpc) is 2.63. The molecule has 1 aromatic heterocycles. The van der Waals surface area contributed by atoms with Crippen LogP contribution in [-0.2, 0) is 0 Å². The zero-order chi connectivity index (χ0) is 17.6. The van der Waals surface area contributed by atoms with Gasteiger partial charge in [0, 0.05) is 11.8 Å². The van der Waals surface area contributed by atoms with Crippen molar-refractivity contribution < 1.29 is 14.2 Å². The molecule has 0 saturated carbocycles. The number of ether oxygens (including phenoxy) is 3. The minimum absolute atomic E-state index is 0.456. The third-order valence-electron chi connectivity index (χ3n) is 3.73. The number of fused-ring (bicyclic) bond motifs is 1. The van der Waals surface area contributed by atoms with E-state index in [1.165, 1.54) is 6.33 Å². The number of aromatic nitrogens is 2. The quantitative estimate of drug-likeness (QED) is 0.513. The number of nitrogen functional groups attached to an aromatic ring is 1. The molecule has 0 amide bonds. The van der Waals surface area contributed by atoms with Crippen LogP contribution in [0.3, 0.4) is 0 Å². The van der Waals surface area contributed by atoms with Gasteiger partial charge in [-0.3, -0.25) is 0 Å². The second-order valence-electron chi connectivity index (χ2n) is 5.57. The summed E-state index contributed by atoms with van der Waals surface area (Å²) >= 11 is 0. The molecule has 3 aromatic rings. The molecule has 1 heterocycles. The topological polar surface area (TPSA) is 79.5 Å². The molecule has 0 saturated heterocycles. The highest BCUT2D eigenvalue weighted by molar-refractivity contribution is 5.87. The molecule has 0 bridgehead atoms. The van der Waals surface area contributed by atoms with Gasteiger partial charge in [-0.25, -0.2) is 9.97 Å². The summed E-state index contributed by atoms with van der Waals surface area (Å²) in [4.78, 5) is 8.55. The van der Waals surface area contributed by atoms with Crippen molar-refractivity contribution in [3.8, 4) is 23.1 Å². The molecule has 130 valence electrons. The summed E-state index contributed by atoms with van der Waals surface area (Å²) in [6, 6.07) is 10.8. The second kappa shape index (κ2) is 7.70. The maximum absolute atomic E-state index is 5.90. The number of rotatable bonds is 7. The zero-order valence-corrected chi connectivity index (χ0v) is 14.4. The first-order chi connectivity index (χ1) is 12.2. The number of nitrogens with zero attached hydrogens (tertiary/aromatic N) is 2. The highest BCUT2D eigenvalue weighted by atomic mass is 16.5. The van der Waals surface area contributed by atoms with Crippen molar-refractivity contribution in [2.45, 2.75) is 19.8 Å². The summed E-state index contributed by atoms with van der Waals surface area (Å²) in [5, 5.41) is 0.756. The van der Waals surface area contributed by atoms with Gasteiger partial charge in [-0.15, -0.1) is 0 Å². The van der Waals surface area contributed by atoms with Crippen LogP contribution in [-0.4, -0.2) is 23.7 Å². The van der Waals surface area contributed by atoms with Crippen LogP contribution in [0.2, 0.25) is 0 Å². The Balaban J connectivity index is 1.97. The van der Waals surface area contributed by atoms with Crippen LogP contribution in [0, 0.1) is 0 Å². The van der Waals surface area contributed by atoms with E-state index in [2.05, 4.69) is 16.9 Å². The van der Waals surface area contributed by atoms with Crippen LogP contribution in [0.4, 0.5) is 5.69 Å². The Morgan fingerprint density at radius 2 is 1.84 bits per heavy atom. The monoisotopic (exact) mass is 339 g/mol. The Morgan fingerprint density at radius 1 is 1.04 bits per heavy atom. The van der Waals surface area contributed by atoms with Gasteiger partial charge in [0.2, 0.25) is 5.88 Å². The smallest absolute Gasteiger partial charge is 0.230 e. The molecule has 0 radical (unpaired) electrons. The van der Waals surface area contributed by atoms with E-state index >= 15 is 0 Å². The lowest BCUT2D eigenvalue weighted by atomic mass is 10.2. The molecule has 25 heavy (non-hydrogen) atoms. The predicted molar refractivity (Wildman–Crippen MR) is 97.4 cm³/mol. The molecule has 0 aliphatic heterocycles. The number of anilines is 1. The Hall–Kier alpha value is -3.02. The van der Waals surface area contributed by atoms with Crippen molar-refractivity contribution in [3.63, 3.8) is 0 Å². The van der Waals surface area contributed by atoms with E-state index in [-0.39, 0.29) is 0 Å². The van der Waals surface area contributed by atoms with E-state index in [0.717, 1.165) is 23.7 Å². The van der Waals surface area contributed by atoms with E-state index in [4.69, 9.17) is 19.9 Å². The molecule has 0 aliphatic rings. The van der Waals surface area contributed by atoms with Crippen LogP contribution in [0.15, 0.2) is 42.7 Å². The standard InChI is InChI=1S/C19H21N3O3/c1-3-4-9-24-18-10-15-16(11-17(18)23-2)21-12-22-19(15)25-14-7-5-13(20)6-8-14/h5-8,10-12H,3-4,9,20H2,1-2H3. The maximum Gasteiger partial charge on any atom is 0.230 e. The van der Waals surface area contributed by atoms with Crippen molar-refractivity contribution in [2.75, 3.05) is 19.5 Å². The molecule has 0 fully saturated rings. The molecule has 0 atom stereocenters. The van der Waals surface area contributed by atoms with Gasteiger partial charge in [0.1, 0.15) is 12.1 Å². The third kappa shape index (κ3) is 3.91. The van der Waals surface area contributed by atoms with Gasteiger partial charge >= 0.3 is 0 Å². The molecule has 2 N–H and O–H groups in total. The second-order valence-corrected chi connectivity index (χ2v) is 5.57. The van der Waals surface area contributed by atoms with E-state index < -0.39 is 0 Å². The number of methoxy groups -OCH3 is 1. The molecule has 3 rings (SSSR count). The predicted octanol–water partition coefficient (Wildman–Crippen LogP) is 4.19. The average molecular weight is 339 g/mol. The number of benzene rings is 2. The lowest BCUT2D eigenvalue weighted by molar-refractivity contribution is 0.289. The molecule has 6 nitrogen and oxygen atoms in total. The van der Waals surface area contributed by atoms with E-state index in [9.17, 15) is 0 Å². The summed E-state index contributed by atoms with van der Waals surface area (Å²) in [6.07, 6.45) is 3.50. The van der Waals surface area contributed by atoms with Crippen LogP contribution in [0.1, 0.15) is 19.8 Å². The van der Waals surface area contributed by atoms with Gasteiger partial charge in [-0.2, -0.15) is 0 Å². The lowest BCUT2D eigenvalue weighted by Crippen LogP contribution is -2.00. The van der Waals surface area contributed by atoms with Crippen LogP contribution < -0.4 is 19.9 Å². The number of hydrogen-bond acceptors (Lipinski definition) is 6. The zero-order valence-electron chi connectivity index (χ0n) is 14.4. The fourth-order valence-corrected chi connectivity index (χ4v) is 2.37. The van der Waals surface area contributed by atoms with Crippen molar-refractivity contribution in [1.82, 2.24) is 9.97 Å². The first-order valence-corrected chi connectivity index (χ1v) is 8.20. The molecule has 0 unspecified atom stereocenters. The van der Waals surface area contributed by atoms with E-state index in [0.29, 0.717) is 35.4 Å². The SMILES string of the molecule is CCCCOc1cc2c(Oc3ccc(N)cc3)ncnc2cc1OC. The molecule has 2 aromatic carbocycles. The maximum atomic E-state index is 5.90. The van der Waals surface area contributed by atoms with Gasteiger partial charge in [-0.1, -0.05) is 13.3 Å². The van der Waals surface area contributed by atoms with Crippen LogP contribution in [0.25, 0.3) is 10.9 Å². The van der Waals surface area contributed by atoms with Gasteiger partial charge in [-0.05, 0) is 36.8 Å². The molecule has 6 heteroatoms. The van der Waals surface area contributed by atoms with Gasteiger partial charge in [0.15, 0.2) is 11.5 Å². The summed E-state index contributed by atoms with van der Waals surface area (Å²) in [5.74, 6) is 2.40. The van der Waals surface area contributed by atoms with Gasteiger partial charge in [0.05, 0.1) is 24.6 Å². The number of hydrogen-bond donors (Lipinski definition) is 1. The normalized spacial score (nSPS) is 10.6. The summed E-state index contributed by atoms with van der Waals surface area (Å²) in [7, 11) is 1.61. The molecule has 0 aliphatic carbocycles. The Labute approximate surface area is 146 Å². The Kier molecular flexibility index (Phi) is 5.18. The Morgan fingerprint density at radius 3 is 2.56 bits per heavy atom. The largest absolute Gasteiger partial charge is 0.493 e. The first-order valence-electron chi connectivity index (χ1n) is 8.20. The number of nitrogens with two attached hydrogens (primary N) is 1. The van der Waals surface area contributed by atoms with Crippen molar-refractivity contribution in [1.29, 1.82) is 0 Å². The fraction of sp³-hybridized carbons (Fsp3) is 0.263. The van der Waals surface area contributed by atoms with Crippen LogP contribution in [0.5, 0.6) is 23.1 Å². The molecule has 0 spiro atoms. The van der Waals surface area contributed by atoms with E-state index in [1.54, 1.807) is 31.4 Å². The van der Waals surface area contributed by atoms with Crippen molar-refractivity contribution in [3.05, 3.63) is 42.7 Å². The Bertz CT molecular complexity index is 850. The van der Waals surface area contributed by atoms with Crippen molar-refractivity contribution in [2.24, 2.45) is 0 Å². The first kappa shape index (κ1) is 16.8. The van der Waals surface area contributed by atoms with Gasteiger partial charge in [0.25, 0.3) is 0 Å². The summed E-state index contributed by atoms with van der Waals surface area (Å²) < 4.78 is 17.2. The molecular weight excluding hydrogens is 318 g/mol.